The molecule has 0 spiro atoms. The Kier molecular flexibility index (Phi) is 6.13. The van der Waals surface area contributed by atoms with Gasteiger partial charge in [0.1, 0.15) is 5.75 Å². The fraction of sp³-hybridized carbons (Fsp3) is 0.227. The number of hydrazine groups is 1. The van der Waals surface area contributed by atoms with E-state index in [0.717, 1.165) is 6.07 Å². The second-order valence-electron chi connectivity index (χ2n) is 7.84. The predicted octanol–water partition coefficient (Wildman–Crippen LogP) is 3.59. The largest absolute Gasteiger partial charge is 0.508 e. The lowest BCUT2D eigenvalue weighted by Crippen LogP contribution is -2.46. The van der Waals surface area contributed by atoms with Crippen LogP contribution < -0.4 is 16.8 Å². The number of aromatic hydroxyl groups is 1. The monoisotopic (exact) mass is 537 g/mol. The molecule has 4 N–H and O–H groups in total. The number of alkyl halides is 3. The van der Waals surface area contributed by atoms with Crippen molar-refractivity contribution in [1.29, 1.82) is 0 Å². The summed E-state index contributed by atoms with van der Waals surface area (Å²) >= 11 is 2.87. The number of amides is 1. The number of nitrogen functional groups attached to an aromatic ring is 1. The number of nitrogens with one attached hydrogen (secondary N) is 1. The van der Waals surface area contributed by atoms with Crippen LogP contribution in [0.15, 0.2) is 51.7 Å². The molecule has 2 heterocycles. The van der Waals surface area contributed by atoms with Gasteiger partial charge in [-0.05, 0) is 55.8 Å². The van der Waals surface area contributed by atoms with Gasteiger partial charge in [-0.1, -0.05) is 15.9 Å². The van der Waals surface area contributed by atoms with Crippen LogP contribution in [0.2, 0.25) is 0 Å². The van der Waals surface area contributed by atoms with Crippen LogP contribution in [-0.2, 0) is 19.1 Å². The van der Waals surface area contributed by atoms with Gasteiger partial charge >= 0.3 is 6.18 Å². The first-order valence-electron chi connectivity index (χ1n) is 10.1. The molecule has 0 radical (unpaired) electrons. The molecule has 0 fully saturated rings. The van der Waals surface area contributed by atoms with Crippen LogP contribution in [0, 0.1) is 0 Å². The van der Waals surface area contributed by atoms with Crippen LogP contribution in [0.5, 0.6) is 5.75 Å². The van der Waals surface area contributed by atoms with Crippen LogP contribution in [0.1, 0.15) is 34.1 Å². The van der Waals surface area contributed by atoms with Crippen LogP contribution in [-0.4, -0.2) is 31.5 Å². The molecule has 0 saturated carbocycles. The van der Waals surface area contributed by atoms with Gasteiger partial charge in [0.25, 0.3) is 11.5 Å². The summed E-state index contributed by atoms with van der Waals surface area (Å²) in [5.41, 5.74) is 1.99. The van der Waals surface area contributed by atoms with E-state index in [1.807, 2.05) is 0 Å². The first kappa shape index (κ1) is 23.8. The highest BCUT2D eigenvalue weighted by Gasteiger charge is 2.36. The summed E-state index contributed by atoms with van der Waals surface area (Å²) in [6.07, 6.45) is -4.48. The third-order valence-corrected chi connectivity index (χ3v) is 6.32. The minimum atomic E-state index is -4.63. The van der Waals surface area contributed by atoms with E-state index in [1.54, 1.807) is 6.92 Å². The van der Waals surface area contributed by atoms with E-state index < -0.39 is 29.2 Å². The van der Waals surface area contributed by atoms with Gasteiger partial charge in [-0.3, -0.25) is 15.0 Å². The molecule has 34 heavy (non-hydrogen) atoms. The SMILES string of the molecule is CC1Cc2c(nc(NN)n(-c3ccc(O)cc3)c2=O)CN1C(=O)c1ccc(Br)c(C(F)(F)F)c1. The number of rotatable bonds is 3. The molecule has 1 aromatic heterocycles. The lowest BCUT2D eigenvalue weighted by Gasteiger charge is -2.34. The number of halogens is 4. The molecule has 1 aliphatic heterocycles. The van der Waals surface area contributed by atoms with Crippen molar-refractivity contribution in [2.24, 2.45) is 5.84 Å². The van der Waals surface area contributed by atoms with Crippen LogP contribution in [0.3, 0.4) is 0 Å². The number of phenols is 1. The van der Waals surface area contributed by atoms with E-state index in [9.17, 15) is 27.9 Å². The molecule has 1 aliphatic rings. The maximum atomic E-state index is 13.3. The summed E-state index contributed by atoms with van der Waals surface area (Å²) in [5, 5.41) is 9.53. The summed E-state index contributed by atoms with van der Waals surface area (Å²) in [6.45, 7) is 1.64. The Morgan fingerprint density at radius 2 is 1.91 bits per heavy atom. The molecular weight excluding hydrogens is 519 g/mol. The van der Waals surface area contributed by atoms with Gasteiger partial charge in [0.15, 0.2) is 0 Å². The quantitative estimate of drug-likeness (QED) is 0.347. The Labute approximate surface area is 199 Å². The van der Waals surface area contributed by atoms with Crippen molar-refractivity contribution < 1.29 is 23.1 Å². The van der Waals surface area contributed by atoms with Gasteiger partial charge in [0.05, 0.1) is 23.5 Å². The van der Waals surface area contributed by atoms with Crippen molar-refractivity contribution in [1.82, 2.24) is 14.5 Å². The van der Waals surface area contributed by atoms with Gasteiger partial charge in [0, 0.05) is 21.6 Å². The van der Waals surface area contributed by atoms with Crippen molar-refractivity contribution >= 4 is 27.8 Å². The number of hydrogen-bond donors (Lipinski definition) is 3. The second kappa shape index (κ2) is 8.76. The van der Waals surface area contributed by atoms with E-state index in [4.69, 9.17) is 5.84 Å². The highest BCUT2D eigenvalue weighted by molar-refractivity contribution is 9.10. The average molecular weight is 538 g/mol. The second-order valence-corrected chi connectivity index (χ2v) is 8.69. The highest BCUT2D eigenvalue weighted by Crippen LogP contribution is 2.36. The smallest absolute Gasteiger partial charge is 0.417 e. The Balaban J connectivity index is 1.73. The molecule has 1 atom stereocenters. The zero-order valence-corrected chi connectivity index (χ0v) is 19.3. The third-order valence-electron chi connectivity index (χ3n) is 5.63. The zero-order chi connectivity index (χ0) is 24.8. The van der Waals surface area contributed by atoms with Gasteiger partial charge in [-0.15, -0.1) is 0 Å². The Morgan fingerprint density at radius 1 is 1.24 bits per heavy atom. The van der Waals surface area contributed by atoms with Crippen molar-refractivity contribution in [3.05, 3.63) is 79.7 Å². The first-order chi connectivity index (χ1) is 16.0. The Hall–Kier alpha value is -3.38. The topological polar surface area (TPSA) is 113 Å². The summed E-state index contributed by atoms with van der Waals surface area (Å²) in [7, 11) is 0. The molecule has 4 rings (SSSR count). The normalized spacial score (nSPS) is 15.7. The van der Waals surface area contributed by atoms with Crippen LogP contribution >= 0.6 is 15.9 Å². The number of aromatic nitrogens is 2. The minimum Gasteiger partial charge on any atom is -0.508 e. The fourth-order valence-corrected chi connectivity index (χ4v) is 4.38. The lowest BCUT2D eigenvalue weighted by atomic mass is 9.98. The van der Waals surface area contributed by atoms with E-state index in [2.05, 4.69) is 26.3 Å². The number of nitrogens with zero attached hydrogens (tertiary/aromatic N) is 3. The fourth-order valence-electron chi connectivity index (χ4n) is 3.91. The maximum Gasteiger partial charge on any atom is 0.417 e. The molecule has 8 nitrogen and oxygen atoms in total. The van der Waals surface area contributed by atoms with E-state index in [-0.39, 0.29) is 34.7 Å². The molecule has 1 amide bonds. The number of hydrogen-bond acceptors (Lipinski definition) is 6. The molecule has 1 unspecified atom stereocenters. The minimum absolute atomic E-state index is 0.0133. The van der Waals surface area contributed by atoms with Crippen molar-refractivity contribution in [2.45, 2.75) is 32.1 Å². The molecule has 0 bridgehead atoms. The summed E-state index contributed by atoms with van der Waals surface area (Å²) in [6, 6.07) is 8.71. The summed E-state index contributed by atoms with van der Waals surface area (Å²) in [5.74, 6) is 5.02. The number of carbonyl (C=O) groups excluding carboxylic acids is 1. The van der Waals surface area contributed by atoms with E-state index in [1.165, 1.54) is 45.9 Å². The molecule has 0 aliphatic carbocycles. The van der Waals surface area contributed by atoms with Crippen molar-refractivity contribution in [2.75, 3.05) is 5.43 Å². The summed E-state index contributed by atoms with van der Waals surface area (Å²) < 4.78 is 41.0. The zero-order valence-electron chi connectivity index (χ0n) is 17.7. The van der Waals surface area contributed by atoms with Gasteiger partial charge in [0.2, 0.25) is 5.95 Å². The average Bonchev–Trinajstić information content (AvgIpc) is 2.79. The number of phenolic OH excluding ortho intramolecular Hbond substituents is 1. The Morgan fingerprint density at radius 3 is 2.53 bits per heavy atom. The van der Waals surface area contributed by atoms with Crippen LogP contribution in [0.4, 0.5) is 19.1 Å². The van der Waals surface area contributed by atoms with Gasteiger partial charge in [-0.2, -0.15) is 13.2 Å². The highest BCUT2D eigenvalue weighted by atomic mass is 79.9. The molecular formula is C22H19BrF3N5O3. The van der Waals surface area contributed by atoms with Gasteiger partial charge in [-0.25, -0.2) is 15.4 Å². The van der Waals surface area contributed by atoms with Gasteiger partial charge < -0.3 is 10.0 Å². The van der Waals surface area contributed by atoms with E-state index in [0.29, 0.717) is 16.9 Å². The number of carbonyl (C=O) groups is 1. The van der Waals surface area contributed by atoms with E-state index >= 15 is 0 Å². The molecule has 3 aromatic rings. The first-order valence-corrected chi connectivity index (χ1v) is 10.9. The molecule has 2 aromatic carbocycles. The maximum absolute atomic E-state index is 13.3. The Bertz CT molecular complexity index is 1330. The molecule has 0 saturated heterocycles. The standard InChI is InChI=1S/C22H19BrF3N5O3/c1-11-8-15-18(28-21(29-27)31(20(15)34)13-3-5-14(32)6-4-13)10-30(11)19(33)12-2-7-17(23)16(9-12)22(24,25)26/h2-7,9,11,32H,8,10,27H2,1H3,(H,28,29). The predicted molar refractivity (Wildman–Crippen MR) is 121 cm³/mol. The van der Waals surface area contributed by atoms with Crippen molar-refractivity contribution in [3.63, 3.8) is 0 Å². The number of anilines is 1. The van der Waals surface area contributed by atoms with Crippen LogP contribution in [0.25, 0.3) is 5.69 Å². The number of fused-ring (bicyclic) bond motifs is 1. The number of benzene rings is 2. The lowest BCUT2D eigenvalue weighted by molar-refractivity contribution is -0.138. The third kappa shape index (κ3) is 4.26. The number of nitrogens with two attached hydrogens (primary N) is 1. The molecule has 178 valence electrons. The molecule has 12 heteroatoms. The summed E-state index contributed by atoms with van der Waals surface area (Å²) in [4.78, 5) is 32.2. The van der Waals surface area contributed by atoms with Crippen molar-refractivity contribution in [3.8, 4) is 11.4 Å².